The number of nitrogens with zero attached hydrogens (tertiary/aromatic N) is 2. The Morgan fingerprint density at radius 2 is 1.74 bits per heavy atom. The number of hydrogen-bond donors (Lipinski definition) is 2. The standard InChI is InChI=1S/C24H30N4O.2ClH/c1-18-9-7-8-12-21(18)24(2,3)16-26-23(29)22(25)13-20-15-28(17-27-20)14-19-10-5-4-6-11-19;;/h4-12,15,17,22H,13-14,16,25H2,1-3H3,(H,26,29);2*1H/t22-;;/m0../s1. The van der Waals surface area contributed by atoms with Gasteiger partial charge in [-0.15, -0.1) is 24.8 Å². The maximum atomic E-state index is 12.5. The normalized spacial score (nSPS) is 11.7. The van der Waals surface area contributed by atoms with E-state index in [0.717, 1.165) is 12.2 Å². The number of carbonyl (C=O) groups excluding carboxylic acids is 1. The molecule has 1 heterocycles. The van der Waals surface area contributed by atoms with E-state index in [9.17, 15) is 4.79 Å². The van der Waals surface area contributed by atoms with Crippen molar-refractivity contribution in [1.82, 2.24) is 14.9 Å². The highest BCUT2D eigenvalue weighted by molar-refractivity contribution is 5.85. The van der Waals surface area contributed by atoms with Gasteiger partial charge in [0.1, 0.15) is 0 Å². The van der Waals surface area contributed by atoms with Gasteiger partial charge in [-0.05, 0) is 23.6 Å². The average Bonchev–Trinajstić information content (AvgIpc) is 3.13. The molecule has 0 spiro atoms. The van der Waals surface area contributed by atoms with Crippen LogP contribution < -0.4 is 11.1 Å². The first-order valence-electron chi connectivity index (χ1n) is 9.99. The predicted molar refractivity (Wildman–Crippen MR) is 131 cm³/mol. The predicted octanol–water partition coefficient (Wildman–Crippen LogP) is 4.05. The molecule has 3 rings (SSSR count). The maximum Gasteiger partial charge on any atom is 0.237 e. The zero-order chi connectivity index (χ0) is 20.9. The van der Waals surface area contributed by atoms with Crippen molar-refractivity contribution in [3.05, 3.63) is 89.5 Å². The summed E-state index contributed by atoms with van der Waals surface area (Å²) in [6, 6.07) is 17.8. The van der Waals surface area contributed by atoms with Gasteiger partial charge in [0.25, 0.3) is 0 Å². The molecule has 0 radical (unpaired) electrons. The lowest BCUT2D eigenvalue weighted by Gasteiger charge is -2.28. The Morgan fingerprint density at radius 3 is 2.42 bits per heavy atom. The lowest BCUT2D eigenvalue weighted by Crippen LogP contribution is -2.46. The van der Waals surface area contributed by atoms with Crippen LogP contribution in [-0.4, -0.2) is 28.0 Å². The van der Waals surface area contributed by atoms with Crippen molar-refractivity contribution in [3.8, 4) is 0 Å². The lowest BCUT2D eigenvalue weighted by molar-refractivity contribution is -0.122. The number of aromatic nitrogens is 2. The first-order valence-corrected chi connectivity index (χ1v) is 9.99. The van der Waals surface area contributed by atoms with Gasteiger partial charge >= 0.3 is 0 Å². The van der Waals surface area contributed by atoms with Gasteiger partial charge in [-0.3, -0.25) is 4.79 Å². The topological polar surface area (TPSA) is 72.9 Å². The van der Waals surface area contributed by atoms with Crippen molar-refractivity contribution >= 4 is 30.7 Å². The average molecular weight is 463 g/mol. The third-order valence-corrected chi connectivity index (χ3v) is 5.24. The van der Waals surface area contributed by atoms with Crippen molar-refractivity contribution in [2.45, 2.75) is 45.2 Å². The third kappa shape index (κ3) is 7.39. The number of rotatable bonds is 8. The van der Waals surface area contributed by atoms with Crippen LogP contribution in [0, 0.1) is 6.92 Å². The van der Waals surface area contributed by atoms with Crippen molar-refractivity contribution in [2.24, 2.45) is 5.73 Å². The lowest BCUT2D eigenvalue weighted by atomic mass is 9.82. The van der Waals surface area contributed by atoms with Crippen LogP contribution in [-0.2, 0) is 23.2 Å². The largest absolute Gasteiger partial charge is 0.354 e. The second-order valence-electron chi connectivity index (χ2n) is 8.25. The molecule has 0 fully saturated rings. The number of carbonyl (C=O) groups is 1. The molecule has 1 aromatic heterocycles. The molecule has 1 amide bonds. The molecule has 168 valence electrons. The van der Waals surface area contributed by atoms with Crippen LogP contribution in [0.1, 0.15) is 36.2 Å². The Kier molecular flexibility index (Phi) is 10.2. The molecule has 5 nitrogen and oxygen atoms in total. The smallest absolute Gasteiger partial charge is 0.237 e. The number of imidazole rings is 1. The van der Waals surface area contributed by atoms with E-state index in [1.165, 1.54) is 16.7 Å². The van der Waals surface area contributed by atoms with E-state index < -0.39 is 6.04 Å². The Hall–Kier alpha value is -2.34. The highest BCUT2D eigenvalue weighted by Crippen LogP contribution is 2.25. The van der Waals surface area contributed by atoms with E-state index in [0.29, 0.717) is 13.0 Å². The van der Waals surface area contributed by atoms with E-state index in [2.05, 4.69) is 55.3 Å². The number of nitrogens with two attached hydrogens (primary N) is 1. The summed E-state index contributed by atoms with van der Waals surface area (Å²) < 4.78 is 2.01. The van der Waals surface area contributed by atoms with E-state index in [1.54, 1.807) is 6.33 Å². The molecular weight excluding hydrogens is 431 g/mol. The Balaban J connectivity index is 0.00000240. The van der Waals surface area contributed by atoms with Crippen molar-refractivity contribution in [1.29, 1.82) is 0 Å². The molecule has 0 aliphatic rings. The minimum Gasteiger partial charge on any atom is -0.354 e. The van der Waals surface area contributed by atoms with Crippen molar-refractivity contribution < 1.29 is 4.79 Å². The quantitative estimate of drug-likeness (QED) is 0.530. The third-order valence-electron chi connectivity index (χ3n) is 5.24. The number of amides is 1. The van der Waals surface area contributed by atoms with Gasteiger partial charge in [-0.1, -0.05) is 68.4 Å². The Labute approximate surface area is 197 Å². The molecule has 0 aliphatic heterocycles. The molecule has 2 aromatic carbocycles. The second kappa shape index (κ2) is 11.9. The molecule has 1 atom stereocenters. The summed E-state index contributed by atoms with van der Waals surface area (Å²) in [4.78, 5) is 16.9. The molecule has 0 saturated carbocycles. The summed E-state index contributed by atoms with van der Waals surface area (Å²) >= 11 is 0. The zero-order valence-corrected chi connectivity index (χ0v) is 19.9. The van der Waals surface area contributed by atoms with Gasteiger partial charge < -0.3 is 15.6 Å². The van der Waals surface area contributed by atoms with E-state index in [-0.39, 0.29) is 36.1 Å². The summed E-state index contributed by atoms with van der Waals surface area (Å²) in [6.07, 6.45) is 4.16. The molecule has 3 N–H and O–H groups in total. The van der Waals surface area contributed by atoms with Crippen LogP contribution in [0.4, 0.5) is 0 Å². The molecule has 0 unspecified atom stereocenters. The van der Waals surface area contributed by atoms with E-state index in [1.807, 2.05) is 41.1 Å². The summed E-state index contributed by atoms with van der Waals surface area (Å²) in [5.41, 5.74) is 10.5. The fourth-order valence-corrected chi connectivity index (χ4v) is 3.58. The number of nitrogens with one attached hydrogen (secondary N) is 1. The van der Waals surface area contributed by atoms with Crippen LogP contribution in [0.2, 0.25) is 0 Å². The van der Waals surface area contributed by atoms with Crippen LogP contribution in [0.15, 0.2) is 67.1 Å². The molecule has 0 saturated heterocycles. The van der Waals surface area contributed by atoms with Crippen LogP contribution in [0.5, 0.6) is 0 Å². The SMILES string of the molecule is Cc1ccccc1C(C)(C)CNC(=O)[C@@H](N)Cc1cn(Cc2ccccc2)cn1.Cl.Cl. The summed E-state index contributed by atoms with van der Waals surface area (Å²) in [6.45, 7) is 7.64. The minimum absolute atomic E-state index is 0. The molecular formula is C24H32Cl2N4O. The first kappa shape index (κ1) is 26.7. The Bertz CT molecular complexity index is 957. The summed E-state index contributed by atoms with van der Waals surface area (Å²) in [5, 5.41) is 3.02. The number of benzene rings is 2. The highest BCUT2D eigenvalue weighted by Gasteiger charge is 2.24. The zero-order valence-electron chi connectivity index (χ0n) is 18.2. The van der Waals surface area contributed by atoms with Gasteiger partial charge in [0.05, 0.1) is 18.1 Å². The monoisotopic (exact) mass is 462 g/mol. The van der Waals surface area contributed by atoms with Gasteiger partial charge in [0.2, 0.25) is 5.91 Å². The van der Waals surface area contributed by atoms with Crippen LogP contribution in [0.25, 0.3) is 0 Å². The van der Waals surface area contributed by atoms with Crippen LogP contribution in [0.3, 0.4) is 0 Å². The highest BCUT2D eigenvalue weighted by atomic mass is 35.5. The van der Waals surface area contributed by atoms with Gasteiger partial charge in [-0.2, -0.15) is 0 Å². The van der Waals surface area contributed by atoms with Gasteiger partial charge in [0, 0.05) is 31.1 Å². The first-order chi connectivity index (χ1) is 13.8. The van der Waals surface area contributed by atoms with Crippen LogP contribution >= 0.6 is 24.8 Å². The fourth-order valence-electron chi connectivity index (χ4n) is 3.58. The van der Waals surface area contributed by atoms with Crippen molar-refractivity contribution in [3.63, 3.8) is 0 Å². The second-order valence-corrected chi connectivity index (χ2v) is 8.25. The molecule has 7 heteroatoms. The number of aryl methyl sites for hydroxylation is 1. The van der Waals surface area contributed by atoms with Gasteiger partial charge in [-0.25, -0.2) is 4.98 Å². The fraction of sp³-hybridized carbons (Fsp3) is 0.333. The van der Waals surface area contributed by atoms with E-state index in [4.69, 9.17) is 5.73 Å². The number of hydrogen-bond acceptors (Lipinski definition) is 3. The molecule has 0 bridgehead atoms. The van der Waals surface area contributed by atoms with Gasteiger partial charge in [0.15, 0.2) is 0 Å². The molecule has 0 aliphatic carbocycles. The summed E-state index contributed by atoms with van der Waals surface area (Å²) in [7, 11) is 0. The van der Waals surface area contributed by atoms with E-state index >= 15 is 0 Å². The Morgan fingerprint density at radius 1 is 1.10 bits per heavy atom. The van der Waals surface area contributed by atoms with Crippen molar-refractivity contribution in [2.75, 3.05) is 6.54 Å². The maximum absolute atomic E-state index is 12.5. The summed E-state index contributed by atoms with van der Waals surface area (Å²) in [5.74, 6) is -0.149. The molecule has 3 aromatic rings. The minimum atomic E-state index is -0.622. The molecule has 31 heavy (non-hydrogen) atoms. The number of halogens is 2.